The molecule has 0 radical (unpaired) electrons. The standard InChI is InChI=1S/C12H11Br2N3OS/c1-17(10(18)6-7-13)12-16-15-11(19-12)8-2-4-9(14)5-3-8/h2-5H,6-7H2,1H3. The number of aromatic nitrogens is 2. The molecule has 0 atom stereocenters. The van der Waals surface area contributed by atoms with Crippen molar-refractivity contribution in [2.24, 2.45) is 0 Å². The van der Waals surface area contributed by atoms with Crippen LogP contribution >= 0.6 is 43.2 Å². The molecule has 4 nitrogen and oxygen atoms in total. The zero-order chi connectivity index (χ0) is 13.8. The molecule has 100 valence electrons. The fourth-order valence-corrected chi connectivity index (χ4v) is 2.85. The quantitative estimate of drug-likeness (QED) is 0.729. The largest absolute Gasteiger partial charge is 0.290 e. The number of alkyl halides is 1. The van der Waals surface area contributed by atoms with Gasteiger partial charge in [-0.2, -0.15) is 0 Å². The van der Waals surface area contributed by atoms with Crippen molar-refractivity contribution in [2.75, 3.05) is 17.3 Å². The van der Waals surface area contributed by atoms with E-state index in [0.29, 0.717) is 16.9 Å². The second-order valence-electron chi connectivity index (χ2n) is 3.79. The van der Waals surface area contributed by atoms with Crippen LogP contribution < -0.4 is 4.90 Å². The lowest BCUT2D eigenvalue weighted by atomic mass is 10.2. The van der Waals surface area contributed by atoms with Gasteiger partial charge in [0.25, 0.3) is 0 Å². The maximum atomic E-state index is 11.8. The Bertz CT molecular complexity index is 571. The summed E-state index contributed by atoms with van der Waals surface area (Å²) in [7, 11) is 1.72. The van der Waals surface area contributed by atoms with Crippen LogP contribution in [0.3, 0.4) is 0 Å². The van der Waals surface area contributed by atoms with Gasteiger partial charge in [-0.15, -0.1) is 10.2 Å². The summed E-state index contributed by atoms with van der Waals surface area (Å²) in [4.78, 5) is 13.3. The van der Waals surface area contributed by atoms with Crippen molar-refractivity contribution in [1.82, 2.24) is 10.2 Å². The number of halogens is 2. The normalized spacial score (nSPS) is 10.5. The van der Waals surface area contributed by atoms with Crippen molar-refractivity contribution in [3.8, 4) is 10.6 Å². The average molecular weight is 405 g/mol. The summed E-state index contributed by atoms with van der Waals surface area (Å²) in [5.74, 6) is 0.0235. The van der Waals surface area contributed by atoms with Crippen LogP contribution in [0.1, 0.15) is 6.42 Å². The number of hydrogen-bond donors (Lipinski definition) is 0. The Morgan fingerprint density at radius 1 is 1.32 bits per heavy atom. The molecule has 0 aliphatic heterocycles. The molecule has 1 amide bonds. The van der Waals surface area contributed by atoms with Gasteiger partial charge >= 0.3 is 0 Å². The fourth-order valence-electron chi connectivity index (χ4n) is 1.42. The monoisotopic (exact) mass is 403 g/mol. The minimum atomic E-state index is 0.0235. The summed E-state index contributed by atoms with van der Waals surface area (Å²) >= 11 is 8.05. The van der Waals surface area contributed by atoms with Gasteiger partial charge in [0.05, 0.1) is 0 Å². The molecule has 0 unspecified atom stereocenters. The van der Waals surface area contributed by atoms with Crippen LogP contribution in [0.4, 0.5) is 5.13 Å². The number of nitrogens with zero attached hydrogens (tertiary/aromatic N) is 3. The predicted molar refractivity (Wildman–Crippen MR) is 84.9 cm³/mol. The van der Waals surface area contributed by atoms with E-state index in [1.54, 1.807) is 11.9 Å². The number of carbonyl (C=O) groups excluding carboxylic acids is 1. The first-order valence-electron chi connectivity index (χ1n) is 5.54. The number of benzene rings is 1. The Kier molecular flexibility index (Phi) is 5.06. The molecule has 7 heteroatoms. The van der Waals surface area contributed by atoms with Gasteiger partial charge in [-0.1, -0.05) is 55.3 Å². The van der Waals surface area contributed by atoms with Crippen LogP contribution in [0.25, 0.3) is 10.6 Å². The molecule has 2 rings (SSSR count). The minimum Gasteiger partial charge on any atom is -0.290 e. The van der Waals surface area contributed by atoms with E-state index in [9.17, 15) is 4.79 Å². The third kappa shape index (κ3) is 3.61. The molecule has 1 heterocycles. The van der Waals surface area contributed by atoms with Crippen molar-refractivity contribution in [2.45, 2.75) is 6.42 Å². The van der Waals surface area contributed by atoms with E-state index in [0.717, 1.165) is 15.0 Å². The molecule has 1 aromatic heterocycles. The second-order valence-corrected chi connectivity index (χ2v) is 6.45. The molecule has 0 fully saturated rings. The van der Waals surface area contributed by atoms with Gasteiger partial charge in [0.2, 0.25) is 11.0 Å². The molecule has 0 aliphatic rings. The van der Waals surface area contributed by atoms with E-state index in [4.69, 9.17) is 0 Å². The number of amides is 1. The Labute approximate surface area is 132 Å². The third-order valence-electron chi connectivity index (χ3n) is 2.47. The molecule has 2 aromatic rings. The highest BCUT2D eigenvalue weighted by Crippen LogP contribution is 2.29. The molecule has 1 aromatic carbocycles. The first-order valence-corrected chi connectivity index (χ1v) is 8.27. The Morgan fingerprint density at radius 3 is 2.63 bits per heavy atom. The molecule has 0 saturated carbocycles. The molecule has 0 N–H and O–H groups in total. The Morgan fingerprint density at radius 2 is 2.00 bits per heavy atom. The second kappa shape index (κ2) is 6.58. The van der Waals surface area contributed by atoms with E-state index in [-0.39, 0.29) is 5.91 Å². The van der Waals surface area contributed by atoms with Gasteiger partial charge in [0.15, 0.2) is 0 Å². The summed E-state index contributed by atoms with van der Waals surface area (Å²) in [5, 5.41) is 10.3. The highest BCUT2D eigenvalue weighted by molar-refractivity contribution is 9.10. The van der Waals surface area contributed by atoms with Gasteiger partial charge in [-0.25, -0.2) is 0 Å². The summed E-state index contributed by atoms with van der Waals surface area (Å²) in [6.07, 6.45) is 0.448. The smallest absolute Gasteiger partial charge is 0.229 e. The Hall–Kier alpha value is -0.790. The number of hydrogen-bond acceptors (Lipinski definition) is 4. The number of anilines is 1. The van der Waals surface area contributed by atoms with Crippen LogP contribution in [0.2, 0.25) is 0 Å². The van der Waals surface area contributed by atoms with E-state index >= 15 is 0 Å². The summed E-state index contributed by atoms with van der Waals surface area (Å²) in [6, 6.07) is 7.84. The van der Waals surface area contributed by atoms with Gasteiger partial charge in [0.1, 0.15) is 5.01 Å². The van der Waals surface area contributed by atoms with Crippen molar-refractivity contribution < 1.29 is 4.79 Å². The fraction of sp³-hybridized carbons (Fsp3) is 0.250. The molecular formula is C12H11Br2N3OS. The summed E-state index contributed by atoms with van der Waals surface area (Å²) < 4.78 is 1.02. The third-order valence-corrected chi connectivity index (χ3v) is 4.45. The Balaban J connectivity index is 2.19. The average Bonchev–Trinajstić information content (AvgIpc) is 2.88. The van der Waals surface area contributed by atoms with Crippen LogP contribution in [0.5, 0.6) is 0 Å². The maximum Gasteiger partial charge on any atom is 0.229 e. The molecule has 0 bridgehead atoms. The molecule has 19 heavy (non-hydrogen) atoms. The van der Waals surface area contributed by atoms with Crippen LogP contribution in [-0.4, -0.2) is 28.5 Å². The minimum absolute atomic E-state index is 0.0235. The lowest BCUT2D eigenvalue weighted by molar-refractivity contribution is -0.117. The van der Waals surface area contributed by atoms with Gasteiger partial charge in [0, 0.05) is 28.8 Å². The molecule has 0 aliphatic carbocycles. The summed E-state index contributed by atoms with van der Waals surface area (Å²) in [6.45, 7) is 0. The van der Waals surface area contributed by atoms with E-state index in [1.165, 1.54) is 11.3 Å². The van der Waals surface area contributed by atoms with E-state index in [1.807, 2.05) is 24.3 Å². The van der Waals surface area contributed by atoms with E-state index < -0.39 is 0 Å². The van der Waals surface area contributed by atoms with Gasteiger partial charge in [-0.3, -0.25) is 9.69 Å². The van der Waals surface area contributed by atoms with Crippen LogP contribution in [0, 0.1) is 0 Å². The summed E-state index contributed by atoms with van der Waals surface area (Å²) in [5.41, 5.74) is 0.994. The highest BCUT2D eigenvalue weighted by Gasteiger charge is 2.15. The maximum absolute atomic E-state index is 11.8. The first kappa shape index (κ1) is 14.6. The van der Waals surface area contributed by atoms with Crippen molar-refractivity contribution >= 4 is 54.2 Å². The lowest BCUT2D eigenvalue weighted by Crippen LogP contribution is -2.26. The van der Waals surface area contributed by atoms with Gasteiger partial charge < -0.3 is 0 Å². The van der Waals surface area contributed by atoms with Crippen LogP contribution in [0.15, 0.2) is 28.7 Å². The van der Waals surface area contributed by atoms with Crippen LogP contribution in [-0.2, 0) is 4.79 Å². The SMILES string of the molecule is CN(C(=O)CCBr)c1nnc(-c2ccc(Br)cc2)s1. The van der Waals surface area contributed by atoms with Crippen molar-refractivity contribution in [3.05, 3.63) is 28.7 Å². The zero-order valence-corrected chi connectivity index (χ0v) is 14.1. The lowest BCUT2D eigenvalue weighted by Gasteiger charge is -2.11. The molecule has 0 saturated heterocycles. The van der Waals surface area contributed by atoms with Gasteiger partial charge in [-0.05, 0) is 12.1 Å². The topological polar surface area (TPSA) is 46.1 Å². The zero-order valence-electron chi connectivity index (χ0n) is 10.1. The van der Waals surface area contributed by atoms with Crippen molar-refractivity contribution in [1.29, 1.82) is 0 Å². The predicted octanol–water partition coefficient (Wildman–Crippen LogP) is 3.72. The first-order chi connectivity index (χ1) is 9.11. The molecular weight excluding hydrogens is 394 g/mol. The molecule has 0 spiro atoms. The number of rotatable bonds is 4. The van der Waals surface area contributed by atoms with E-state index in [2.05, 4.69) is 42.1 Å². The van der Waals surface area contributed by atoms with Crippen molar-refractivity contribution in [3.63, 3.8) is 0 Å². The highest BCUT2D eigenvalue weighted by atomic mass is 79.9. The number of carbonyl (C=O) groups is 1.